The van der Waals surface area contributed by atoms with Crippen molar-refractivity contribution in [1.82, 2.24) is 9.88 Å². The Bertz CT molecular complexity index is 461. The van der Waals surface area contributed by atoms with Crippen LogP contribution in [0, 0.1) is 11.7 Å². The van der Waals surface area contributed by atoms with E-state index in [4.69, 9.17) is 10.5 Å². The number of ether oxygens (including phenoxy) is 1. The monoisotopic (exact) mass is 267 g/mol. The Kier molecular flexibility index (Phi) is 4.31. The number of nitrogens with two attached hydrogens (primary N) is 1. The van der Waals surface area contributed by atoms with Gasteiger partial charge in [0.15, 0.2) is 11.6 Å². The summed E-state index contributed by atoms with van der Waals surface area (Å²) in [7, 11) is 1.66. The normalized spacial score (nSPS) is 19.2. The standard InChI is InChI=1S/C13H18FN3O2/c1-17(7-9-3-2-6-19-8-9)13(18)10-4-5-16-12(15)11(10)14/h4-5,9H,2-3,6-8H2,1H3,(H2,15,16). The van der Waals surface area contributed by atoms with E-state index in [1.165, 1.54) is 17.2 Å². The minimum Gasteiger partial charge on any atom is -0.381 e. The molecule has 2 rings (SSSR count). The number of hydrogen-bond acceptors (Lipinski definition) is 4. The number of rotatable bonds is 3. The predicted octanol–water partition coefficient (Wildman–Crippen LogP) is 1.30. The van der Waals surface area contributed by atoms with Gasteiger partial charge in [-0.1, -0.05) is 0 Å². The Hall–Kier alpha value is -1.69. The van der Waals surface area contributed by atoms with E-state index in [1.807, 2.05) is 0 Å². The lowest BCUT2D eigenvalue weighted by Gasteiger charge is -2.27. The molecule has 2 N–H and O–H groups in total. The minimum absolute atomic E-state index is 0.0354. The molecule has 0 bridgehead atoms. The highest BCUT2D eigenvalue weighted by Crippen LogP contribution is 2.17. The molecule has 1 aromatic rings. The van der Waals surface area contributed by atoms with Gasteiger partial charge in [-0.2, -0.15) is 0 Å². The second-order valence-corrected chi connectivity index (χ2v) is 4.83. The van der Waals surface area contributed by atoms with Crippen LogP contribution >= 0.6 is 0 Å². The molecule has 0 spiro atoms. The van der Waals surface area contributed by atoms with E-state index in [9.17, 15) is 9.18 Å². The topological polar surface area (TPSA) is 68.5 Å². The highest BCUT2D eigenvalue weighted by atomic mass is 19.1. The van der Waals surface area contributed by atoms with Crippen LogP contribution in [0.5, 0.6) is 0 Å². The van der Waals surface area contributed by atoms with Gasteiger partial charge in [0.1, 0.15) is 0 Å². The van der Waals surface area contributed by atoms with Crippen LogP contribution in [0.1, 0.15) is 23.2 Å². The Morgan fingerprint density at radius 1 is 1.68 bits per heavy atom. The van der Waals surface area contributed by atoms with E-state index in [2.05, 4.69) is 4.98 Å². The number of nitrogen functional groups attached to an aromatic ring is 1. The first kappa shape index (κ1) is 13.7. The van der Waals surface area contributed by atoms with Gasteiger partial charge < -0.3 is 15.4 Å². The van der Waals surface area contributed by atoms with Gasteiger partial charge in [0.05, 0.1) is 12.2 Å². The highest BCUT2D eigenvalue weighted by molar-refractivity contribution is 5.94. The van der Waals surface area contributed by atoms with Crippen molar-refractivity contribution in [2.24, 2.45) is 5.92 Å². The zero-order chi connectivity index (χ0) is 13.8. The minimum atomic E-state index is -0.751. The van der Waals surface area contributed by atoms with Crippen LogP contribution in [0.2, 0.25) is 0 Å². The van der Waals surface area contributed by atoms with Crippen LogP contribution in [0.4, 0.5) is 10.2 Å². The fourth-order valence-electron chi connectivity index (χ4n) is 2.25. The smallest absolute Gasteiger partial charge is 0.256 e. The fourth-order valence-corrected chi connectivity index (χ4v) is 2.25. The van der Waals surface area contributed by atoms with E-state index in [1.54, 1.807) is 7.05 Å². The van der Waals surface area contributed by atoms with Crippen LogP contribution in [0.25, 0.3) is 0 Å². The van der Waals surface area contributed by atoms with E-state index < -0.39 is 5.82 Å². The molecule has 2 heterocycles. The molecule has 0 saturated carbocycles. The number of amides is 1. The molecular formula is C13H18FN3O2. The summed E-state index contributed by atoms with van der Waals surface area (Å²) >= 11 is 0. The second-order valence-electron chi connectivity index (χ2n) is 4.83. The molecule has 1 amide bonds. The molecular weight excluding hydrogens is 249 g/mol. The summed E-state index contributed by atoms with van der Waals surface area (Å²) in [6.45, 7) is 1.99. The van der Waals surface area contributed by atoms with Crippen molar-refractivity contribution < 1.29 is 13.9 Å². The summed E-state index contributed by atoms with van der Waals surface area (Å²) < 4.78 is 19.1. The number of nitrogens with zero attached hydrogens (tertiary/aromatic N) is 2. The number of halogens is 1. The van der Waals surface area contributed by atoms with Crippen LogP contribution in [0.15, 0.2) is 12.3 Å². The van der Waals surface area contributed by atoms with Gasteiger partial charge in [-0.05, 0) is 24.8 Å². The van der Waals surface area contributed by atoms with E-state index in [0.29, 0.717) is 19.1 Å². The maximum atomic E-state index is 13.7. The van der Waals surface area contributed by atoms with Crippen LogP contribution in [-0.2, 0) is 4.74 Å². The van der Waals surface area contributed by atoms with Crippen molar-refractivity contribution >= 4 is 11.7 Å². The molecule has 1 aliphatic heterocycles. The van der Waals surface area contributed by atoms with Gasteiger partial charge in [0.2, 0.25) is 0 Å². The van der Waals surface area contributed by atoms with Crippen molar-refractivity contribution in [2.45, 2.75) is 12.8 Å². The lowest BCUT2D eigenvalue weighted by Crippen LogP contribution is -2.35. The van der Waals surface area contributed by atoms with Gasteiger partial charge >= 0.3 is 0 Å². The van der Waals surface area contributed by atoms with Crippen LogP contribution in [0.3, 0.4) is 0 Å². The average Bonchev–Trinajstić information content (AvgIpc) is 2.42. The molecule has 19 heavy (non-hydrogen) atoms. The maximum Gasteiger partial charge on any atom is 0.256 e. The fraction of sp³-hybridized carbons (Fsp3) is 0.538. The molecule has 0 aliphatic carbocycles. The number of anilines is 1. The van der Waals surface area contributed by atoms with Crippen molar-refractivity contribution in [1.29, 1.82) is 0 Å². The summed E-state index contributed by atoms with van der Waals surface area (Å²) in [5.41, 5.74) is 5.33. The number of carbonyl (C=O) groups is 1. The first-order valence-electron chi connectivity index (χ1n) is 6.32. The first-order chi connectivity index (χ1) is 9.09. The Morgan fingerprint density at radius 2 is 2.47 bits per heavy atom. The Labute approximate surface area is 111 Å². The highest BCUT2D eigenvalue weighted by Gasteiger charge is 2.22. The molecule has 1 unspecified atom stereocenters. The third-order valence-electron chi connectivity index (χ3n) is 3.28. The molecule has 1 aliphatic rings. The zero-order valence-corrected chi connectivity index (χ0v) is 10.9. The van der Waals surface area contributed by atoms with Gasteiger partial charge in [0, 0.05) is 26.4 Å². The largest absolute Gasteiger partial charge is 0.381 e. The SMILES string of the molecule is CN(CC1CCCOC1)C(=O)c1ccnc(N)c1F. The summed E-state index contributed by atoms with van der Waals surface area (Å²) in [4.78, 5) is 17.3. The van der Waals surface area contributed by atoms with Crippen molar-refractivity contribution in [2.75, 3.05) is 32.5 Å². The molecule has 104 valence electrons. The first-order valence-corrected chi connectivity index (χ1v) is 6.32. The van der Waals surface area contributed by atoms with Gasteiger partial charge in [-0.25, -0.2) is 9.37 Å². The van der Waals surface area contributed by atoms with Crippen molar-refractivity contribution in [3.05, 3.63) is 23.6 Å². The summed E-state index contributed by atoms with van der Waals surface area (Å²) in [5.74, 6) is -1.07. The molecule has 1 atom stereocenters. The van der Waals surface area contributed by atoms with Crippen LogP contribution in [-0.4, -0.2) is 42.6 Å². The third-order valence-corrected chi connectivity index (χ3v) is 3.28. The molecule has 0 radical (unpaired) electrons. The van der Waals surface area contributed by atoms with Crippen molar-refractivity contribution in [3.63, 3.8) is 0 Å². The summed E-state index contributed by atoms with van der Waals surface area (Å²) in [6.07, 6.45) is 3.37. The molecule has 5 nitrogen and oxygen atoms in total. The average molecular weight is 267 g/mol. The van der Waals surface area contributed by atoms with Gasteiger partial charge in [-0.3, -0.25) is 4.79 Å². The molecule has 1 fully saturated rings. The number of pyridine rings is 1. The molecule has 6 heteroatoms. The summed E-state index contributed by atoms with van der Waals surface area (Å²) in [6, 6.07) is 1.35. The van der Waals surface area contributed by atoms with Gasteiger partial charge in [0.25, 0.3) is 5.91 Å². The number of carbonyl (C=O) groups excluding carboxylic acids is 1. The number of hydrogen-bond donors (Lipinski definition) is 1. The van der Waals surface area contributed by atoms with Gasteiger partial charge in [-0.15, -0.1) is 0 Å². The van der Waals surface area contributed by atoms with E-state index in [0.717, 1.165) is 19.4 Å². The lowest BCUT2D eigenvalue weighted by molar-refractivity contribution is 0.0387. The lowest BCUT2D eigenvalue weighted by atomic mass is 10.0. The zero-order valence-electron chi connectivity index (χ0n) is 10.9. The van der Waals surface area contributed by atoms with E-state index in [-0.39, 0.29) is 17.3 Å². The molecule has 0 aromatic carbocycles. The van der Waals surface area contributed by atoms with E-state index >= 15 is 0 Å². The maximum absolute atomic E-state index is 13.7. The summed E-state index contributed by atoms with van der Waals surface area (Å²) in [5, 5.41) is 0. The Balaban J connectivity index is 2.03. The molecule has 1 aromatic heterocycles. The second kappa shape index (κ2) is 5.97. The third kappa shape index (κ3) is 3.20. The predicted molar refractivity (Wildman–Crippen MR) is 69.1 cm³/mol. The molecule has 1 saturated heterocycles. The Morgan fingerprint density at radius 3 is 3.16 bits per heavy atom. The quantitative estimate of drug-likeness (QED) is 0.896. The number of aromatic nitrogens is 1. The van der Waals surface area contributed by atoms with Crippen molar-refractivity contribution in [3.8, 4) is 0 Å². The van der Waals surface area contributed by atoms with Crippen LogP contribution < -0.4 is 5.73 Å².